The normalized spacial score (nSPS) is 13.7. The van der Waals surface area contributed by atoms with Crippen molar-refractivity contribution in [3.8, 4) is 5.75 Å². The number of methoxy groups -OCH3 is 1. The highest BCUT2D eigenvalue weighted by Gasteiger charge is 2.37. The number of ether oxygens (including phenoxy) is 2. The van der Waals surface area contributed by atoms with Gasteiger partial charge in [-0.25, -0.2) is 22.7 Å². The summed E-state index contributed by atoms with van der Waals surface area (Å²) in [5.41, 5.74) is 1.39. The molecule has 1 aliphatic rings. The van der Waals surface area contributed by atoms with Crippen LogP contribution in [-0.4, -0.2) is 51.9 Å². The van der Waals surface area contributed by atoms with E-state index in [1.54, 1.807) is 31.4 Å². The van der Waals surface area contributed by atoms with E-state index in [0.717, 1.165) is 11.9 Å². The molecule has 0 radical (unpaired) electrons. The number of anilines is 2. The molecule has 0 N–H and O–H groups in total. The summed E-state index contributed by atoms with van der Waals surface area (Å²) in [7, 11) is -2.27. The van der Waals surface area contributed by atoms with Crippen molar-refractivity contribution in [3.05, 3.63) is 48.5 Å². The minimum absolute atomic E-state index is 0.159. The quantitative estimate of drug-likeness (QED) is 0.510. The predicted octanol–water partition coefficient (Wildman–Crippen LogP) is 3.04. The zero-order chi connectivity index (χ0) is 21.1. The van der Waals surface area contributed by atoms with Crippen LogP contribution in [0.2, 0.25) is 0 Å². The van der Waals surface area contributed by atoms with Gasteiger partial charge >= 0.3 is 0 Å². The molecule has 2 heterocycles. The molecule has 0 aliphatic carbocycles. The largest absolute Gasteiger partial charge is 0.497 e. The van der Waals surface area contributed by atoms with E-state index in [1.807, 2.05) is 36.1 Å². The lowest BCUT2D eigenvalue weighted by Gasteiger charge is -2.20. The summed E-state index contributed by atoms with van der Waals surface area (Å²) in [5, 5.41) is 0. The van der Waals surface area contributed by atoms with Gasteiger partial charge in [0.25, 0.3) is 10.0 Å². The topological polar surface area (TPSA) is 84.9 Å². The van der Waals surface area contributed by atoms with Gasteiger partial charge in [0.05, 0.1) is 23.0 Å². The van der Waals surface area contributed by atoms with Crippen LogP contribution in [0.3, 0.4) is 0 Å². The molecule has 0 spiro atoms. The van der Waals surface area contributed by atoms with Crippen LogP contribution in [0.15, 0.2) is 53.4 Å². The fourth-order valence-electron chi connectivity index (χ4n) is 3.39. The molecule has 0 amide bonds. The molecule has 0 saturated heterocycles. The SMILES string of the molecule is CCOCCCN1CN(S(=O)(=O)c2ccc(OC)cc2)c2nc3ccccc3nc21. The van der Waals surface area contributed by atoms with Crippen molar-refractivity contribution < 1.29 is 17.9 Å². The molecule has 3 aromatic rings. The molecule has 0 atom stereocenters. The zero-order valence-corrected chi connectivity index (χ0v) is 17.8. The number of nitrogens with zero attached hydrogens (tertiary/aromatic N) is 4. The van der Waals surface area contributed by atoms with Crippen molar-refractivity contribution >= 4 is 32.7 Å². The Hall–Kier alpha value is -2.91. The van der Waals surface area contributed by atoms with Gasteiger partial charge in [-0.3, -0.25) is 0 Å². The standard InChI is InChI=1S/C21H24N4O4S/c1-3-29-14-6-13-24-15-25(30(26,27)17-11-9-16(28-2)10-12-17)21-20(24)22-18-7-4-5-8-19(18)23-21/h4-5,7-12H,3,6,13-15H2,1-2H3. The fraction of sp³-hybridized carbons (Fsp3) is 0.333. The minimum Gasteiger partial charge on any atom is -0.497 e. The second-order valence-corrected chi connectivity index (χ2v) is 8.71. The summed E-state index contributed by atoms with van der Waals surface area (Å²) in [6, 6.07) is 13.8. The summed E-state index contributed by atoms with van der Waals surface area (Å²) in [6.45, 7) is 3.99. The number of fused-ring (bicyclic) bond motifs is 2. The number of rotatable bonds is 8. The van der Waals surface area contributed by atoms with Crippen molar-refractivity contribution in [2.24, 2.45) is 0 Å². The van der Waals surface area contributed by atoms with Crippen LogP contribution in [0.25, 0.3) is 11.0 Å². The second-order valence-electron chi connectivity index (χ2n) is 6.84. The number of aromatic nitrogens is 2. The maximum absolute atomic E-state index is 13.4. The summed E-state index contributed by atoms with van der Waals surface area (Å²) < 4.78 is 38.7. The highest BCUT2D eigenvalue weighted by atomic mass is 32.2. The predicted molar refractivity (Wildman–Crippen MR) is 116 cm³/mol. The Kier molecular flexibility index (Phi) is 5.74. The third-order valence-corrected chi connectivity index (χ3v) is 6.67. The van der Waals surface area contributed by atoms with Gasteiger partial charge in [0.15, 0.2) is 11.6 Å². The lowest BCUT2D eigenvalue weighted by Crippen LogP contribution is -2.36. The maximum atomic E-state index is 13.4. The third kappa shape index (κ3) is 3.78. The van der Waals surface area contributed by atoms with Crippen molar-refractivity contribution in [2.45, 2.75) is 18.2 Å². The monoisotopic (exact) mass is 428 g/mol. The fourth-order valence-corrected chi connectivity index (χ4v) is 4.77. The second kappa shape index (κ2) is 8.45. The third-order valence-electron chi connectivity index (χ3n) is 4.94. The summed E-state index contributed by atoms with van der Waals surface area (Å²) >= 11 is 0. The molecular weight excluding hydrogens is 404 g/mol. The molecule has 9 heteroatoms. The number of benzene rings is 2. The Morgan fingerprint density at radius 3 is 2.30 bits per heavy atom. The molecule has 2 aromatic carbocycles. The van der Waals surface area contributed by atoms with Crippen LogP contribution in [0.5, 0.6) is 5.75 Å². The lowest BCUT2D eigenvalue weighted by atomic mass is 10.3. The Bertz CT molecular complexity index is 1140. The number of sulfonamides is 1. The van der Waals surface area contributed by atoms with Crippen LogP contribution >= 0.6 is 0 Å². The Balaban J connectivity index is 1.72. The van der Waals surface area contributed by atoms with E-state index in [0.29, 0.717) is 42.7 Å². The van der Waals surface area contributed by atoms with E-state index in [2.05, 4.69) is 4.98 Å². The molecular formula is C21H24N4O4S. The van der Waals surface area contributed by atoms with Gasteiger partial charge in [0.2, 0.25) is 0 Å². The van der Waals surface area contributed by atoms with Crippen molar-refractivity contribution in [1.29, 1.82) is 0 Å². The highest BCUT2D eigenvalue weighted by Crippen LogP contribution is 2.37. The Morgan fingerprint density at radius 1 is 1.00 bits per heavy atom. The van der Waals surface area contributed by atoms with E-state index in [9.17, 15) is 8.42 Å². The average molecular weight is 429 g/mol. The van der Waals surface area contributed by atoms with Gasteiger partial charge in [-0.05, 0) is 49.7 Å². The molecule has 0 saturated carbocycles. The van der Waals surface area contributed by atoms with Crippen LogP contribution in [0.1, 0.15) is 13.3 Å². The van der Waals surface area contributed by atoms with E-state index < -0.39 is 10.0 Å². The smallest absolute Gasteiger partial charge is 0.267 e. The number of para-hydroxylation sites is 2. The molecule has 30 heavy (non-hydrogen) atoms. The van der Waals surface area contributed by atoms with Crippen LogP contribution in [0.4, 0.5) is 11.6 Å². The Labute approximate surface area is 176 Å². The first-order chi connectivity index (χ1) is 14.5. The van der Waals surface area contributed by atoms with Crippen LogP contribution in [-0.2, 0) is 14.8 Å². The first kappa shape index (κ1) is 20.4. The van der Waals surface area contributed by atoms with Crippen molar-refractivity contribution in [3.63, 3.8) is 0 Å². The molecule has 0 unspecified atom stereocenters. The van der Waals surface area contributed by atoms with Gasteiger partial charge in [-0.1, -0.05) is 12.1 Å². The lowest BCUT2D eigenvalue weighted by molar-refractivity contribution is 0.146. The van der Waals surface area contributed by atoms with Crippen molar-refractivity contribution in [1.82, 2.24) is 9.97 Å². The van der Waals surface area contributed by atoms with Gasteiger partial charge in [-0.15, -0.1) is 0 Å². The molecule has 0 fully saturated rings. The van der Waals surface area contributed by atoms with E-state index in [4.69, 9.17) is 14.5 Å². The summed E-state index contributed by atoms with van der Waals surface area (Å²) in [4.78, 5) is 11.5. The maximum Gasteiger partial charge on any atom is 0.267 e. The molecule has 158 valence electrons. The van der Waals surface area contributed by atoms with Gasteiger partial charge in [-0.2, -0.15) is 0 Å². The highest BCUT2D eigenvalue weighted by molar-refractivity contribution is 7.92. The van der Waals surface area contributed by atoms with E-state index in [1.165, 1.54) is 4.31 Å². The molecule has 0 bridgehead atoms. The molecule has 1 aromatic heterocycles. The van der Waals surface area contributed by atoms with Crippen LogP contribution in [0, 0.1) is 0 Å². The molecule has 8 nitrogen and oxygen atoms in total. The molecule has 1 aliphatic heterocycles. The van der Waals surface area contributed by atoms with Crippen LogP contribution < -0.4 is 13.9 Å². The Morgan fingerprint density at radius 2 is 1.67 bits per heavy atom. The first-order valence-corrected chi connectivity index (χ1v) is 11.2. The summed E-state index contributed by atoms with van der Waals surface area (Å²) in [6.07, 6.45) is 0.762. The average Bonchev–Trinajstić information content (AvgIpc) is 3.13. The number of hydrogen-bond donors (Lipinski definition) is 0. The minimum atomic E-state index is -3.81. The number of hydrogen-bond acceptors (Lipinski definition) is 7. The van der Waals surface area contributed by atoms with E-state index >= 15 is 0 Å². The van der Waals surface area contributed by atoms with Crippen molar-refractivity contribution in [2.75, 3.05) is 42.7 Å². The molecule has 4 rings (SSSR count). The van der Waals surface area contributed by atoms with Gasteiger partial charge in [0, 0.05) is 19.8 Å². The zero-order valence-electron chi connectivity index (χ0n) is 17.0. The van der Waals surface area contributed by atoms with E-state index in [-0.39, 0.29) is 11.6 Å². The first-order valence-electron chi connectivity index (χ1n) is 9.81. The van der Waals surface area contributed by atoms with Gasteiger partial charge < -0.3 is 14.4 Å². The summed E-state index contributed by atoms with van der Waals surface area (Å²) in [5.74, 6) is 1.52. The van der Waals surface area contributed by atoms with Gasteiger partial charge in [0.1, 0.15) is 12.4 Å².